The minimum Gasteiger partial charge on any atom is -0.350 e. The lowest BCUT2D eigenvalue weighted by Gasteiger charge is -2.12. The van der Waals surface area contributed by atoms with E-state index in [1.165, 1.54) is 0 Å². The van der Waals surface area contributed by atoms with Crippen LogP contribution in [-0.2, 0) is 11.3 Å². The van der Waals surface area contributed by atoms with Crippen LogP contribution < -0.4 is 11.1 Å². The van der Waals surface area contributed by atoms with Gasteiger partial charge in [0.05, 0.1) is 12.2 Å². The minimum absolute atomic E-state index is 0.0659. The predicted molar refractivity (Wildman–Crippen MR) is 70.6 cm³/mol. The van der Waals surface area contributed by atoms with E-state index < -0.39 is 0 Å². The summed E-state index contributed by atoms with van der Waals surface area (Å²) in [4.78, 5) is 11.7. The standard InChI is InChI=1S/C13H22N4O/c1-2-11(7-8-14)5-6-13(18)15-10-12-4-3-9-16-17-12/h3-4,9,11H,2,5-8,10,14H2,1H3,(H,15,18). The highest BCUT2D eigenvalue weighted by Crippen LogP contribution is 2.14. The Kier molecular flexibility index (Phi) is 6.94. The van der Waals surface area contributed by atoms with Gasteiger partial charge in [0.15, 0.2) is 0 Å². The van der Waals surface area contributed by atoms with Crippen LogP contribution in [0.25, 0.3) is 0 Å². The molecule has 0 saturated heterocycles. The molecule has 0 aliphatic carbocycles. The van der Waals surface area contributed by atoms with Gasteiger partial charge in [-0.15, -0.1) is 0 Å². The molecule has 5 nitrogen and oxygen atoms in total. The van der Waals surface area contributed by atoms with Crippen molar-refractivity contribution in [3.8, 4) is 0 Å². The predicted octanol–water partition coefficient (Wildman–Crippen LogP) is 1.25. The first-order valence-electron chi connectivity index (χ1n) is 6.49. The Morgan fingerprint density at radius 3 is 2.94 bits per heavy atom. The number of hydrogen-bond donors (Lipinski definition) is 2. The summed E-state index contributed by atoms with van der Waals surface area (Å²) >= 11 is 0. The van der Waals surface area contributed by atoms with Crippen molar-refractivity contribution >= 4 is 5.91 Å². The van der Waals surface area contributed by atoms with Gasteiger partial charge in [-0.3, -0.25) is 4.79 Å². The molecular formula is C13H22N4O. The Labute approximate surface area is 108 Å². The molecule has 5 heteroatoms. The Morgan fingerprint density at radius 2 is 2.33 bits per heavy atom. The minimum atomic E-state index is 0.0659. The number of hydrogen-bond acceptors (Lipinski definition) is 4. The summed E-state index contributed by atoms with van der Waals surface area (Å²) in [5, 5.41) is 10.5. The second kappa shape index (κ2) is 8.58. The highest BCUT2D eigenvalue weighted by Gasteiger charge is 2.08. The zero-order valence-corrected chi connectivity index (χ0v) is 10.9. The zero-order chi connectivity index (χ0) is 13.2. The second-order valence-corrected chi connectivity index (χ2v) is 4.38. The SMILES string of the molecule is CCC(CCN)CCC(=O)NCc1cccnn1. The third-order valence-corrected chi connectivity index (χ3v) is 3.03. The summed E-state index contributed by atoms with van der Waals surface area (Å²) in [5.41, 5.74) is 6.31. The van der Waals surface area contributed by atoms with Crippen LogP contribution >= 0.6 is 0 Å². The van der Waals surface area contributed by atoms with Crippen molar-refractivity contribution in [3.05, 3.63) is 24.0 Å². The van der Waals surface area contributed by atoms with Crippen LogP contribution in [0.3, 0.4) is 0 Å². The monoisotopic (exact) mass is 250 g/mol. The number of aromatic nitrogens is 2. The van der Waals surface area contributed by atoms with Crippen LogP contribution in [0.4, 0.5) is 0 Å². The van der Waals surface area contributed by atoms with Crippen molar-refractivity contribution < 1.29 is 4.79 Å². The van der Waals surface area contributed by atoms with Gasteiger partial charge in [-0.25, -0.2) is 0 Å². The van der Waals surface area contributed by atoms with Crippen LogP contribution in [-0.4, -0.2) is 22.6 Å². The molecule has 0 fully saturated rings. The van der Waals surface area contributed by atoms with E-state index in [9.17, 15) is 4.79 Å². The number of nitrogens with two attached hydrogens (primary N) is 1. The Hall–Kier alpha value is -1.49. The molecule has 1 atom stereocenters. The summed E-state index contributed by atoms with van der Waals surface area (Å²) in [5.74, 6) is 0.619. The van der Waals surface area contributed by atoms with Gasteiger partial charge in [0.1, 0.15) is 0 Å². The van der Waals surface area contributed by atoms with Gasteiger partial charge in [0.25, 0.3) is 0 Å². The molecule has 0 aromatic carbocycles. The Morgan fingerprint density at radius 1 is 1.50 bits per heavy atom. The maximum absolute atomic E-state index is 11.7. The molecule has 0 aliphatic heterocycles. The number of amides is 1. The smallest absolute Gasteiger partial charge is 0.220 e. The van der Waals surface area contributed by atoms with Crippen molar-refractivity contribution in [1.82, 2.24) is 15.5 Å². The van der Waals surface area contributed by atoms with Crippen molar-refractivity contribution in [1.29, 1.82) is 0 Å². The van der Waals surface area contributed by atoms with Crippen LogP contribution in [0.15, 0.2) is 18.3 Å². The average Bonchev–Trinajstić information content (AvgIpc) is 2.42. The van der Waals surface area contributed by atoms with Gasteiger partial charge in [0, 0.05) is 12.6 Å². The summed E-state index contributed by atoms with van der Waals surface area (Å²) in [6, 6.07) is 3.65. The van der Waals surface area contributed by atoms with Crippen LogP contribution in [0.2, 0.25) is 0 Å². The van der Waals surface area contributed by atoms with E-state index in [1.807, 2.05) is 12.1 Å². The fraction of sp³-hybridized carbons (Fsp3) is 0.615. The molecule has 0 aliphatic rings. The fourth-order valence-corrected chi connectivity index (χ4v) is 1.83. The highest BCUT2D eigenvalue weighted by atomic mass is 16.1. The van der Waals surface area contributed by atoms with E-state index in [4.69, 9.17) is 5.73 Å². The Bertz CT molecular complexity index is 342. The van der Waals surface area contributed by atoms with E-state index in [2.05, 4.69) is 22.4 Å². The van der Waals surface area contributed by atoms with Crippen molar-refractivity contribution in [2.24, 2.45) is 11.7 Å². The summed E-state index contributed by atoms with van der Waals surface area (Å²) in [6.45, 7) is 3.28. The van der Waals surface area contributed by atoms with Gasteiger partial charge in [0.2, 0.25) is 5.91 Å². The lowest BCUT2D eigenvalue weighted by molar-refractivity contribution is -0.121. The molecule has 100 valence electrons. The zero-order valence-electron chi connectivity index (χ0n) is 10.9. The van der Waals surface area contributed by atoms with Crippen LogP contribution in [0, 0.1) is 5.92 Å². The molecule has 1 heterocycles. The maximum atomic E-state index is 11.7. The average molecular weight is 250 g/mol. The summed E-state index contributed by atoms with van der Waals surface area (Å²) < 4.78 is 0. The lowest BCUT2D eigenvalue weighted by atomic mass is 9.96. The number of carbonyl (C=O) groups excluding carboxylic acids is 1. The van der Waals surface area contributed by atoms with Gasteiger partial charge >= 0.3 is 0 Å². The third kappa shape index (κ3) is 5.72. The lowest BCUT2D eigenvalue weighted by Crippen LogP contribution is -2.24. The first-order valence-corrected chi connectivity index (χ1v) is 6.49. The normalized spacial score (nSPS) is 12.1. The van der Waals surface area contributed by atoms with E-state index in [0.717, 1.165) is 25.0 Å². The summed E-state index contributed by atoms with van der Waals surface area (Å²) in [6.07, 6.45) is 5.14. The third-order valence-electron chi connectivity index (χ3n) is 3.03. The number of rotatable bonds is 8. The molecule has 1 aromatic heterocycles. The van der Waals surface area contributed by atoms with Gasteiger partial charge in [-0.2, -0.15) is 10.2 Å². The topological polar surface area (TPSA) is 80.9 Å². The van der Waals surface area contributed by atoms with E-state index in [0.29, 0.717) is 25.4 Å². The van der Waals surface area contributed by atoms with Crippen LogP contribution in [0.1, 0.15) is 38.3 Å². The highest BCUT2D eigenvalue weighted by molar-refractivity contribution is 5.75. The van der Waals surface area contributed by atoms with E-state index in [-0.39, 0.29) is 5.91 Å². The van der Waals surface area contributed by atoms with Gasteiger partial charge in [-0.1, -0.05) is 13.3 Å². The van der Waals surface area contributed by atoms with Crippen LogP contribution in [0.5, 0.6) is 0 Å². The molecular weight excluding hydrogens is 228 g/mol. The molecule has 0 bridgehead atoms. The van der Waals surface area contributed by atoms with Gasteiger partial charge < -0.3 is 11.1 Å². The molecule has 3 N–H and O–H groups in total. The molecule has 1 aromatic rings. The maximum Gasteiger partial charge on any atom is 0.220 e. The van der Waals surface area contributed by atoms with E-state index >= 15 is 0 Å². The molecule has 1 rings (SSSR count). The number of nitrogens with one attached hydrogen (secondary N) is 1. The number of carbonyl (C=O) groups is 1. The first kappa shape index (κ1) is 14.6. The molecule has 1 amide bonds. The van der Waals surface area contributed by atoms with Crippen molar-refractivity contribution in [3.63, 3.8) is 0 Å². The van der Waals surface area contributed by atoms with Crippen molar-refractivity contribution in [2.75, 3.05) is 6.54 Å². The molecule has 0 radical (unpaired) electrons. The fourth-order valence-electron chi connectivity index (χ4n) is 1.83. The van der Waals surface area contributed by atoms with Gasteiger partial charge in [-0.05, 0) is 37.4 Å². The van der Waals surface area contributed by atoms with E-state index in [1.54, 1.807) is 6.20 Å². The second-order valence-electron chi connectivity index (χ2n) is 4.38. The van der Waals surface area contributed by atoms with Crippen molar-refractivity contribution in [2.45, 2.75) is 39.2 Å². The number of nitrogens with zero attached hydrogens (tertiary/aromatic N) is 2. The molecule has 18 heavy (non-hydrogen) atoms. The molecule has 1 unspecified atom stereocenters. The molecule has 0 spiro atoms. The molecule has 0 saturated carbocycles. The largest absolute Gasteiger partial charge is 0.350 e. The quantitative estimate of drug-likeness (QED) is 0.727. The first-order chi connectivity index (χ1) is 8.76. The Balaban J connectivity index is 2.21. The summed E-state index contributed by atoms with van der Waals surface area (Å²) in [7, 11) is 0.